The molecule has 0 unspecified atom stereocenters. The van der Waals surface area contributed by atoms with E-state index in [0.29, 0.717) is 21.4 Å². The van der Waals surface area contributed by atoms with Gasteiger partial charge >= 0.3 is 0 Å². The Balaban J connectivity index is 1.80. The second-order valence-corrected chi connectivity index (χ2v) is 6.25. The largest absolute Gasteiger partial charge is 0.373 e. The van der Waals surface area contributed by atoms with Gasteiger partial charge in [0.2, 0.25) is 5.91 Å². The average Bonchev–Trinajstić information content (AvgIpc) is 2.79. The predicted octanol–water partition coefficient (Wildman–Crippen LogP) is 4.05. The topological polar surface area (TPSA) is 49.4 Å². The van der Waals surface area contributed by atoms with Gasteiger partial charge in [0.05, 0.1) is 22.2 Å². The summed E-state index contributed by atoms with van der Waals surface area (Å²) in [4.78, 5) is 26.0. The van der Waals surface area contributed by atoms with Gasteiger partial charge < -0.3 is 5.32 Å². The molecule has 2 aromatic rings. The molecule has 0 bridgehead atoms. The number of hydrogen-bond acceptors (Lipinski definition) is 3. The lowest BCUT2D eigenvalue weighted by Gasteiger charge is -2.16. The zero-order valence-electron chi connectivity index (χ0n) is 12.3. The Morgan fingerprint density at radius 3 is 2.39 bits per heavy atom. The summed E-state index contributed by atoms with van der Waals surface area (Å²) in [7, 11) is 0. The van der Waals surface area contributed by atoms with Crippen molar-refractivity contribution in [2.24, 2.45) is 0 Å². The van der Waals surface area contributed by atoms with Crippen LogP contribution in [0, 0.1) is 6.92 Å². The molecule has 0 saturated carbocycles. The van der Waals surface area contributed by atoms with E-state index in [1.165, 1.54) is 4.90 Å². The van der Waals surface area contributed by atoms with Gasteiger partial charge in [0.25, 0.3) is 5.91 Å². The van der Waals surface area contributed by atoms with Crippen LogP contribution in [0.5, 0.6) is 0 Å². The lowest BCUT2D eigenvalue weighted by atomic mass is 10.2. The fourth-order valence-electron chi connectivity index (χ4n) is 2.50. The zero-order chi connectivity index (χ0) is 16.6. The SMILES string of the molecule is Cc1ccc(N2C(=O)C[C@@H](Nc3ccc(Cl)c(Cl)c3)C2=O)cc1. The molecule has 0 aromatic heterocycles. The second kappa shape index (κ2) is 6.22. The van der Waals surface area contributed by atoms with Gasteiger partial charge in [-0.05, 0) is 37.3 Å². The first kappa shape index (κ1) is 15.8. The van der Waals surface area contributed by atoms with Crippen LogP contribution in [-0.4, -0.2) is 17.9 Å². The number of hydrogen-bond donors (Lipinski definition) is 1. The normalized spacial score (nSPS) is 17.7. The zero-order valence-corrected chi connectivity index (χ0v) is 13.9. The minimum Gasteiger partial charge on any atom is -0.373 e. The van der Waals surface area contributed by atoms with E-state index in [9.17, 15) is 9.59 Å². The van der Waals surface area contributed by atoms with Crippen LogP contribution in [0.25, 0.3) is 0 Å². The Hall–Kier alpha value is -2.04. The molecule has 3 rings (SSSR count). The Bertz CT molecular complexity index is 775. The van der Waals surface area contributed by atoms with Crippen molar-refractivity contribution in [2.75, 3.05) is 10.2 Å². The van der Waals surface area contributed by atoms with Crippen LogP contribution in [0.2, 0.25) is 10.0 Å². The van der Waals surface area contributed by atoms with Crippen molar-refractivity contribution in [1.29, 1.82) is 0 Å². The molecule has 4 nitrogen and oxygen atoms in total. The van der Waals surface area contributed by atoms with Crippen LogP contribution in [-0.2, 0) is 9.59 Å². The number of halogens is 2. The lowest BCUT2D eigenvalue weighted by molar-refractivity contribution is -0.121. The van der Waals surface area contributed by atoms with Crippen molar-refractivity contribution in [1.82, 2.24) is 0 Å². The highest BCUT2D eigenvalue weighted by Gasteiger charge is 2.39. The highest BCUT2D eigenvalue weighted by Crippen LogP contribution is 2.28. The number of nitrogens with one attached hydrogen (secondary N) is 1. The van der Waals surface area contributed by atoms with Gasteiger partial charge in [0.1, 0.15) is 6.04 Å². The van der Waals surface area contributed by atoms with Gasteiger partial charge in [-0.2, -0.15) is 0 Å². The first-order valence-corrected chi connectivity index (χ1v) is 7.86. The van der Waals surface area contributed by atoms with Crippen LogP contribution in [0.3, 0.4) is 0 Å². The summed E-state index contributed by atoms with van der Waals surface area (Å²) in [6, 6.07) is 11.7. The Morgan fingerprint density at radius 2 is 1.74 bits per heavy atom. The summed E-state index contributed by atoms with van der Waals surface area (Å²) in [6.45, 7) is 1.95. The van der Waals surface area contributed by atoms with Gasteiger partial charge in [-0.3, -0.25) is 9.59 Å². The molecule has 2 amide bonds. The molecule has 1 N–H and O–H groups in total. The number of carbonyl (C=O) groups is 2. The molecule has 1 heterocycles. The molecule has 1 saturated heterocycles. The van der Waals surface area contributed by atoms with Gasteiger partial charge in [0.15, 0.2) is 0 Å². The van der Waals surface area contributed by atoms with Crippen LogP contribution >= 0.6 is 23.2 Å². The molecule has 0 radical (unpaired) electrons. The molecule has 1 aliphatic rings. The van der Waals surface area contributed by atoms with Crippen molar-refractivity contribution in [2.45, 2.75) is 19.4 Å². The van der Waals surface area contributed by atoms with Crippen LogP contribution in [0.1, 0.15) is 12.0 Å². The van der Waals surface area contributed by atoms with Crippen molar-refractivity contribution in [3.05, 3.63) is 58.1 Å². The molecule has 118 valence electrons. The maximum absolute atomic E-state index is 12.5. The van der Waals surface area contributed by atoms with E-state index in [-0.39, 0.29) is 18.2 Å². The summed E-state index contributed by atoms with van der Waals surface area (Å²) >= 11 is 11.8. The quantitative estimate of drug-likeness (QED) is 0.851. The standard InChI is InChI=1S/C17H14Cl2N2O2/c1-10-2-5-12(6-3-10)21-16(22)9-15(17(21)23)20-11-4-7-13(18)14(19)8-11/h2-8,15,20H,9H2,1H3/t15-/m1/s1. The fraction of sp³-hybridized carbons (Fsp3) is 0.176. The highest BCUT2D eigenvalue weighted by molar-refractivity contribution is 6.42. The van der Waals surface area contributed by atoms with Crippen molar-refractivity contribution < 1.29 is 9.59 Å². The number of carbonyl (C=O) groups excluding carboxylic acids is 2. The molecule has 1 aliphatic heterocycles. The number of aryl methyl sites for hydroxylation is 1. The number of benzene rings is 2. The van der Waals surface area contributed by atoms with E-state index in [1.54, 1.807) is 30.3 Å². The molecule has 1 atom stereocenters. The first-order chi connectivity index (χ1) is 11.0. The molecule has 2 aromatic carbocycles. The summed E-state index contributed by atoms with van der Waals surface area (Å²) in [6.07, 6.45) is 0.104. The summed E-state index contributed by atoms with van der Waals surface area (Å²) in [5.74, 6) is -0.499. The third kappa shape index (κ3) is 3.19. The predicted molar refractivity (Wildman–Crippen MR) is 92.2 cm³/mol. The smallest absolute Gasteiger partial charge is 0.256 e. The second-order valence-electron chi connectivity index (χ2n) is 5.43. The molecular formula is C17H14Cl2N2O2. The maximum Gasteiger partial charge on any atom is 0.256 e. The highest BCUT2D eigenvalue weighted by atomic mass is 35.5. The molecule has 6 heteroatoms. The monoisotopic (exact) mass is 348 g/mol. The maximum atomic E-state index is 12.5. The van der Waals surface area contributed by atoms with Gasteiger partial charge in [-0.1, -0.05) is 40.9 Å². The van der Waals surface area contributed by atoms with Crippen molar-refractivity contribution in [3.63, 3.8) is 0 Å². The van der Waals surface area contributed by atoms with E-state index in [1.807, 2.05) is 19.1 Å². The minimum atomic E-state index is -0.610. The molecule has 0 spiro atoms. The fourth-order valence-corrected chi connectivity index (χ4v) is 2.79. The first-order valence-electron chi connectivity index (χ1n) is 7.11. The molecule has 23 heavy (non-hydrogen) atoms. The summed E-state index contributed by atoms with van der Waals surface area (Å²) < 4.78 is 0. The number of nitrogens with zero attached hydrogens (tertiary/aromatic N) is 1. The van der Waals surface area contributed by atoms with E-state index >= 15 is 0 Å². The van der Waals surface area contributed by atoms with E-state index in [4.69, 9.17) is 23.2 Å². The van der Waals surface area contributed by atoms with E-state index in [2.05, 4.69) is 5.32 Å². The number of amides is 2. The van der Waals surface area contributed by atoms with Crippen molar-refractivity contribution >= 4 is 46.4 Å². The van der Waals surface area contributed by atoms with E-state index in [0.717, 1.165) is 5.56 Å². The van der Waals surface area contributed by atoms with Crippen LogP contribution in [0.15, 0.2) is 42.5 Å². The Kier molecular flexibility index (Phi) is 4.28. The molecule has 1 fully saturated rings. The Labute approximate surface area is 144 Å². The number of anilines is 2. The Morgan fingerprint density at radius 1 is 1.04 bits per heavy atom. The van der Waals surface area contributed by atoms with Crippen LogP contribution in [0.4, 0.5) is 11.4 Å². The summed E-state index contributed by atoms with van der Waals surface area (Å²) in [5.41, 5.74) is 2.30. The molecular weight excluding hydrogens is 335 g/mol. The average molecular weight is 349 g/mol. The van der Waals surface area contributed by atoms with Gasteiger partial charge in [-0.25, -0.2) is 4.90 Å². The number of imide groups is 1. The van der Waals surface area contributed by atoms with Gasteiger partial charge in [-0.15, -0.1) is 0 Å². The molecule has 0 aliphatic carbocycles. The van der Waals surface area contributed by atoms with Gasteiger partial charge in [0, 0.05) is 5.69 Å². The summed E-state index contributed by atoms with van der Waals surface area (Å²) in [5, 5.41) is 3.87. The lowest BCUT2D eigenvalue weighted by Crippen LogP contribution is -2.34. The van der Waals surface area contributed by atoms with Crippen molar-refractivity contribution in [3.8, 4) is 0 Å². The third-order valence-corrected chi connectivity index (χ3v) is 4.44. The van der Waals surface area contributed by atoms with Crippen LogP contribution < -0.4 is 10.2 Å². The van der Waals surface area contributed by atoms with E-state index < -0.39 is 6.04 Å². The minimum absolute atomic E-state index is 0.104. The number of rotatable bonds is 3. The third-order valence-electron chi connectivity index (χ3n) is 3.70.